The molecule has 1 heterocycles. The van der Waals surface area contributed by atoms with Crippen molar-refractivity contribution in [1.29, 1.82) is 0 Å². The number of nitrogens with one attached hydrogen (secondary N) is 1. The van der Waals surface area contributed by atoms with E-state index in [0.29, 0.717) is 10.8 Å². The highest BCUT2D eigenvalue weighted by Gasteiger charge is 2.35. The van der Waals surface area contributed by atoms with Gasteiger partial charge in [-0.25, -0.2) is 0 Å². The molecule has 1 aliphatic heterocycles. The molecular weight excluding hydrogens is 276 g/mol. The zero-order chi connectivity index (χ0) is 15.3. The molecule has 0 radical (unpaired) electrons. The summed E-state index contributed by atoms with van der Waals surface area (Å²) in [6.07, 6.45) is 9.53. The van der Waals surface area contributed by atoms with Crippen molar-refractivity contribution in [2.45, 2.75) is 72.6 Å². The summed E-state index contributed by atoms with van der Waals surface area (Å²) in [4.78, 5) is 4.86. The van der Waals surface area contributed by atoms with Crippen molar-refractivity contribution in [1.82, 2.24) is 5.32 Å². The van der Waals surface area contributed by atoms with Gasteiger partial charge in [0.2, 0.25) is 0 Å². The molecule has 0 aromatic carbocycles. The van der Waals surface area contributed by atoms with E-state index in [1.165, 1.54) is 55.9 Å². The molecule has 21 heavy (non-hydrogen) atoms. The Bertz CT molecular complexity index is 352. The maximum Gasteiger partial charge on any atom is 0.156 e. The minimum Gasteiger partial charge on any atom is -0.364 e. The lowest BCUT2D eigenvalue weighted by Gasteiger charge is -2.35. The van der Waals surface area contributed by atoms with E-state index in [1.54, 1.807) is 0 Å². The molecule has 122 valence electrons. The fourth-order valence-electron chi connectivity index (χ4n) is 4.04. The molecule has 0 saturated heterocycles. The average molecular weight is 311 g/mol. The van der Waals surface area contributed by atoms with Gasteiger partial charge in [-0.1, -0.05) is 52.3 Å². The first-order chi connectivity index (χ1) is 10.0. The van der Waals surface area contributed by atoms with Crippen molar-refractivity contribution in [2.75, 3.05) is 18.8 Å². The number of aliphatic imine (C=N–C) groups is 1. The van der Waals surface area contributed by atoms with Crippen molar-refractivity contribution < 1.29 is 0 Å². The maximum atomic E-state index is 4.86. The summed E-state index contributed by atoms with van der Waals surface area (Å²) >= 11 is 1.96. The van der Waals surface area contributed by atoms with E-state index in [4.69, 9.17) is 4.99 Å². The first-order valence-corrected chi connectivity index (χ1v) is 9.93. The molecule has 0 aromatic heterocycles. The second kappa shape index (κ2) is 7.39. The van der Waals surface area contributed by atoms with E-state index in [9.17, 15) is 0 Å². The van der Waals surface area contributed by atoms with Crippen LogP contribution in [0.1, 0.15) is 72.6 Å². The summed E-state index contributed by atoms with van der Waals surface area (Å²) in [5, 5.41) is 4.92. The zero-order valence-corrected chi connectivity index (χ0v) is 15.3. The number of hydrogen-bond acceptors (Lipinski definition) is 3. The standard InChI is InChI=1S/C18H34N2S/c1-5-17(6-2)12-19-16(21-14-17)20-13-18(11-15(3)4)9-7-8-10-18/h15H,5-14H2,1-4H3,(H,19,20). The fourth-order valence-corrected chi connectivity index (χ4v) is 5.32. The van der Waals surface area contributed by atoms with Crippen molar-refractivity contribution in [3.8, 4) is 0 Å². The van der Waals surface area contributed by atoms with Crippen molar-refractivity contribution in [3.05, 3.63) is 0 Å². The Kier molecular flexibility index (Phi) is 6.05. The minimum absolute atomic E-state index is 0.457. The molecule has 1 aliphatic carbocycles. The van der Waals surface area contributed by atoms with Crippen molar-refractivity contribution in [3.63, 3.8) is 0 Å². The molecule has 0 amide bonds. The summed E-state index contributed by atoms with van der Waals surface area (Å²) in [5.41, 5.74) is 1.00. The Hall–Kier alpha value is -0.180. The van der Waals surface area contributed by atoms with Crippen LogP contribution in [0.25, 0.3) is 0 Å². The summed E-state index contributed by atoms with van der Waals surface area (Å²) in [6.45, 7) is 11.5. The summed E-state index contributed by atoms with van der Waals surface area (Å²) in [6, 6.07) is 0. The number of thioether (sulfide) groups is 1. The molecule has 1 N–H and O–H groups in total. The minimum atomic E-state index is 0.457. The molecule has 2 aliphatic rings. The lowest BCUT2D eigenvalue weighted by Crippen LogP contribution is -2.39. The lowest BCUT2D eigenvalue weighted by atomic mass is 9.78. The zero-order valence-electron chi connectivity index (χ0n) is 14.5. The maximum absolute atomic E-state index is 4.86. The van der Waals surface area contributed by atoms with Crippen molar-refractivity contribution >= 4 is 16.9 Å². The molecule has 0 atom stereocenters. The van der Waals surface area contributed by atoms with Crippen LogP contribution in [-0.4, -0.2) is 24.0 Å². The van der Waals surface area contributed by atoms with Crippen LogP contribution >= 0.6 is 11.8 Å². The Labute approximate surface area is 135 Å². The fraction of sp³-hybridized carbons (Fsp3) is 0.944. The van der Waals surface area contributed by atoms with Crippen LogP contribution < -0.4 is 5.32 Å². The lowest BCUT2D eigenvalue weighted by molar-refractivity contribution is 0.235. The van der Waals surface area contributed by atoms with Crippen LogP contribution in [0.3, 0.4) is 0 Å². The van der Waals surface area contributed by atoms with E-state index >= 15 is 0 Å². The van der Waals surface area contributed by atoms with Crippen LogP contribution in [0.4, 0.5) is 0 Å². The first-order valence-electron chi connectivity index (χ1n) is 8.94. The first kappa shape index (κ1) is 17.2. The largest absolute Gasteiger partial charge is 0.364 e. The Morgan fingerprint density at radius 2 is 1.81 bits per heavy atom. The third kappa shape index (κ3) is 4.40. The number of hydrogen-bond donors (Lipinski definition) is 1. The van der Waals surface area contributed by atoms with Crippen LogP contribution in [0.5, 0.6) is 0 Å². The monoisotopic (exact) mass is 310 g/mol. The van der Waals surface area contributed by atoms with Gasteiger partial charge in [0.1, 0.15) is 0 Å². The van der Waals surface area contributed by atoms with Gasteiger partial charge in [-0.05, 0) is 48.9 Å². The molecule has 0 spiro atoms. The number of rotatable bonds is 6. The second-order valence-corrected chi connectivity index (χ2v) is 8.74. The number of amidine groups is 1. The molecule has 1 saturated carbocycles. The highest BCUT2D eigenvalue weighted by Crippen LogP contribution is 2.43. The molecular formula is C18H34N2S. The van der Waals surface area contributed by atoms with Gasteiger partial charge in [0.25, 0.3) is 0 Å². The van der Waals surface area contributed by atoms with Crippen LogP contribution in [0.15, 0.2) is 4.99 Å². The molecule has 1 fully saturated rings. The normalized spacial score (nSPS) is 24.1. The van der Waals surface area contributed by atoms with Gasteiger partial charge in [0.15, 0.2) is 5.17 Å². The van der Waals surface area contributed by atoms with E-state index in [1.807, 2.05) is 11.8 Å². The van der Waals surface area contributed by atoms with Gasteiger partial charge < -0.3 is 5.32 Å². The molecule has 0 unspecified atom stereocenters. The predicted octanol–water partition coefficient (Wildman–Crippen LogP) is 5.09. The van der Waals surface area contributed by atoms with Gasteiger partial charge in [-0.15, -0.1) is 0 Å². The molecule has 2 nitrogen and oxygen atoms in total. The van der Waals surface area contributed by atoms with Gasteiger partial charge in [-0.3, -0.25) is 4.99 Å². The second-order valence-electron chi connectivity index (χ2n) is 7.78. The van der Waals surface area contributed by atoms with Crippen LogP contribution in [0, 0.1) is 16.7 Å². The Balaban J connectivity index is 1.89. The summed E-state index contributed by atoms with van der Waals surface area (Å²) < 4.78 is 0. The highest BCUT2D eigenvalue weighted by molar-refractivity contribution is 8.13. The predicted molar refractivity (Wildman–Crippen MR) is 96.1 cm³/mol. The third-order valence-corrected chi connectivity index (χ3v) is 7.00. The van der Waals surface area contributed by atoms with Crippen LogP contribution in [-0.2, 0) is 0 Å². The third-order valence-electron chi connectivity index (χ3n) is 5.69. The van der Waals surface area contributed by atoms with E-state index in [-0.39, 0.29) is 0 Å². The van der Waals surface area contributed by atoms with Gasteiger partial charge in [0, 0.05) is 18.8 Å². The van der Waals surface area contributed by atoms with Crippen molar-refractivity contribution in [2.24, 2.45) is 21.7 Å². The van der Waals surface area contributed by atoms with E-state index < -0.39 is 0 Å². The van der Waals surface area contributed by atoms with Gasteiger partial charge in [0.05, 0.1) is 0 Å². The van der Waals surface area contributed by atoms with Crippen LogP contribution in [0.2, 0.25) is 0 Å². The Morgan fingerprint density at radius 1 is 1.14 bits per heavy atom. The average Bonchev–Trinajstić information content (AvgIpc) is 2.94. The quantitative estimate of drug-likeness (QED) is 0.739. The van der Waals surface area contributed by atoms with E-state index in [2.05, 4.69) is 33.0 Å². The molecule has 3 heteroatoms. The number of nitrogens with zero attached hydrogens (tertiary/aromatic N) is 1. The van der Waals surface area contributed by atoms with Gasteiger partial charge in [-0.2, -0.15) is 0 Å². The smallest absolute Gasteiger partial charge is 0.156 e. The molecule has 0 bridgehead atoms. The topological polar surface area (TPSA) is 24.4 Å². The SMILES string of the molecule is CCC1(CC)CN=C(NCC2(CC(C)C)CCCC2)SC1. The molecule has 2 rings (SSSR count). The van der Waals surface area contributed by atoms with E-state index in [0.717, 1.165) is 19.0 Å². The molecule has 0 aromatic rings. The van der Waals surface area contributed by atoms with Gasteiger partial charge >= 0.3 is 0 Å². The summed E-state index contributed by atoms with van der Waals surface area (Å²) in [5.74, 6) is 2.04. The summed E-state index contributed by atoms with van der Waals surface area (Å²) in [7, 11) is 0. The highest BCUT2D eigenvalue weighted by atomic mass is 32.2. The Morgan fingerprint density at radius 3 is 2.29 bits per heavy atom.